The van der Waals surface area contributed by atoms with Gasteiger partial charge in [0.15, 0.2) is 0 Å². The van der Waals surface area contributed by atoms with Crippen molar-refractivity contribution < 1.29 is 14.5 Å². The monoisotopic (exact) mass is 327 g/mol. The summed E-state index contributed by atoms with van der Waals surface area (Å²) in [7, 11) is 0. The Hall–Kier alpha value is -3.62. The molecule has 9 heteroatoms. The van der Waals surface area contributed by atoms with Crippen LogP contribution < -0.4 is 10.7 Å². The van der Waals surface area contributed by atoms with Crippen LogP contribution in [-0.2, 0) is 16.1 Å². The number of rotatable bonds is 5. The predicted octanol–water partition coefficient (Wildman–Crippen LogP) is 0.756. The van der Waals surface area contributed by atoms with Crippen molar-refractivity contribution in [1.82, 2.24) is 15.7 Å². The molecule has 2 N–H and O–H groups in total. The maximum Gasteiger partial charge on any atom is 0.329 e. The Morgan fingerprint density at radius 2 is 1.79 bits per heavy atom. The van der Waals surface area contributed by atoms with Crippen LogP contribution in [0.25, 0.3) is 0 Å². The number of amides is 2. The number of hydrogen-bond donors (Lipinski definition) is 2. The van der Waals surface area contributed by atoms with E-state index in [1.165, 1.54) is 30.5 Å². The average molecular weight is 327 g/mol. The summed E-state index contributed by atoms with van der Waals surface area (Å²) in [5.41, 5.74) is 3.37. The van der Waals surface area contributed by atoms with Crippen LogP contribution in [0.1, 0.15) is 11.1 Å². The van der Waals surface area contributed by atoms with Crippen molar-refractivity contribution in [3.05, 3.63) is 70.0 Å². The van der Waals surface area contributed by atoms with E-state index in [9.17, 15) is 19.7 Å². The van der Waals surface area contributed by atoms with Gasteiger partial charge in [-0.15, -0.1) is 0 Å². The molecule has 2 rings (SSSR count). The zero-order valence-corrected chi connectivity index (χ0v) is 12.4. The van der Waals surface area contributed by atoms with Gasteiger partial charge in [-0.25, -0.2) is 5.43 Å². The maximum absolute atomic E-state index is 11.6. The fourth-order valence-corrected chi connectivity index (χ4v) is 1.66. The first-order valence-corrected chi connectivity index (χ1v) is 6.81. The summed E-state index contributed by atoms with van der Waals surface area (Å²) in [6.45, 7) is 0.195. The highest BCUT2D eigenvalue weighted by molar-refractivity contribution is 6.35. The number of nitrogens with zero attached hydrogens (tertiary/aromatic N) is 3. The van der Waals surface area contributed by atoms with E-state index in [1.807, 2.05) is 0 Å². The van der Waals surface area contributed by atoms with E-state index in [0.29, 0.717) is 5.56 Å². The van der Waals surface area contributed by atoms with Crippen molar-refractivity contribution >= 4 is 23.7 Å². The van der Waals surface area contributed by atoms with Gasteiger partial charge in [-0.3, -0.25) is 24.7 Å². The highest BCUT2D eigenvalue weighted by atomic mass is 16.6. The van der Waals surface area contributed by atoms with Crippen LogP contribution in [-0.4, -0.2) is 27.9 Å². The zero-order chi connectivity index (χ0) is 17.4. The second-order valence-corrected chi connectivity index (χ2v) is 4.59. The smallest absolute Gasteiger partial charge is 0.329 e. The van der Waals surface area contributed by atoms with Crippen LogP contribution in [0.3, 0.4) is 0 Å². The van der Waals surface area contributed by atoms with E-state index in [2.05, 4.69) is 20.8 Å². The molecule has 9 nitrogen and oxygen atoms in total. The largest absolute Gasteiger partial charge is 0.344 e. The number of aromatic nitrogens is 1. The number of carbonyl (C=O) groups is 2. The molecule has 0 radical (unpaired) electrons. The lowest BCUT2D eigenvalue weighted by atomic mass is 10.2. The molecule has 1 aromatic carbocycles. The number of benzene rings is 1. The molecule has 0 saturated heterocycles. The fourth-order valence-electron chi connectivity index (χ4n) is 1.66. The van der Waals surface area contributed by atoms with Gasteiger partial charge >= 0.3 is 11.8 Å². The van der Waals surface area contributed by atoms with Crippen LogP contribution in [0, 0.1) is 10.1 Å². The van der Waals surface area contributed by atoms with Gasteiger partial charge < -0.3 is 5.32 Å². The molecule has 0 atom stereocenters. The zero-order valence-electron chi connectivity index (χ0n) is 12.4. The van der Waals surface area contributed by atoms with E-state index in [-0.39, 0.29) is 12.2 Å². The van der Waals surface area contributed by atoms with E-state index in [4.69, 9.17) is 0 Å². The highest BCUT2D eigenvalue weighted by Gasteiger charge is 2.11. The summed E-state index contributed by atoms with van der Waals surface area (Å²) < 4.78 is 0. The van der Waals surface area contributed by atoms with E-state index in [0.717, 1.165) is 5.56 Å². The summed E-state index contributed by atoms with van der Waals surface area (Å²) >= 11 is 0. The van der Waals surface area contributed by atoms with E-state index < -0.39 is 16.7 Å². The molecule has 0 aliphatic rings. The molecule has 1 aromatic heterocycles. The lowest BCUT2D eigenvalue weighted by Gasteiger charge is -2.03. The van der Waals surface area contributed by atoms with Crippen LogP contribution in [0.2, 0.25) is 0 Å². The first-order valence-electron chi connectivity index (χ1n) is 6.81. The van der Waals surface area contributed by atoms with Crippen molar-refractivity contribution in [3.8, 4) is 0 Å². The Morgan fingerprint density at radius 1 is 1.12 bits per heavy atom. The lowest BCUT2D eigenvalue weighted by Crippen LogP contribution is -2.37. The summed E-state index contributed by atoms with van der Waals surface area (Å²) in [4.78, 5) is 37.0. The second-order valence-electron chi connectivity index (χ2n) is 4.59. The molecular weight excluding hydrogens is 314 g/mol. The molecule has 0 unspecified atom stereocenters. The highest BCUT2D eigenvalue weighted by Crippen LogP contribution is 2.10. The predicted molar refractivity (Wildman–Crippen MR) is 84.9 cm³/mol. The summed E-state index contributed by atoms with van der Waals surface area (Å²) in [5.74, 6) is -1.74. The topological polar surface area (TPSA) is 127 Å². The van der Waals surface area contributed by atoms with Crippen molar-refractivity contribution in [2.24, 2.45) is 5.10 Å². The van der Waals surface area contributed by atoms with Crippen molar-refractivity contribution in [1.29, 1.82) is 0 Å². The van der Waals surface area contributed by atoms with Crippen molar-refractivity contribution in [2.45, 2.75) is 6.54 Å². The number of nitro benzene ring substituents is 1. The fraction of sp³-hybridized carbons (Fsp3) is 0.0667. The summed E-state index contributed by atoms with van der Waals surface area (Å²) in [6.07, 6.45) is 4.43. The minimum atomic E-state index is -0.915. The molecular formula is C15H13N5O4. The number of nitro groups is 1. The van der Waals surface area contributed by atoms with Crippen LogP contribution >= 0.6 is 0 Å². The van der Waals surface area contributed by atoms with Gasteiger partial charge in [0.05, 0.1) is 11.1 Å². The maximum atomic E-state index is 11.6. The number of hydrogen-bond acceptors (Lipinski definition) is 6. The number of carbonyl (C=O) groups excluding carboxylic acids is 2. The number of hydrazone groups is 1. The Morgan fingerprint density at radius 3 is 2.42 bits per heavy atom. The quantitative estimate of drug-likeness (QED) is 0.363. The molecule has 2 amide bonds. The number of nitrogens with one attached hydrogen (secondary N) is 2. The van der Waals surface area contributed by atoms with Gasteiger partial charge in [0.2, 0.25) is 0 Å². The normalized spacial score (nSPS) is 10.3. The molecule has 24 heavy (non-hydrogen) atoms. The minimum absolute atomic E-state index is 0.0494. The van der Waals surface area contributed by atoms with Crippen molar-refractivity contribution in [3.63, 3.8) is 0 Å². The third-order valence-corrected chi connectivity index (χ3v) is 2.89. The molecule has 0 spiro atoms. The van der Waals surface area contributed by atoms with Gasteiger partial charge in [0.25, 0.3) is 5.69 Å². The first-order chi connectivity index (χ1) is 11.6. The number of pyridine rings is 1. The molecule has 122 valence electrons. The van der Waals surface area contributed by atoms with Crippen LogP contribution in [0.4, 0.5) is 5.69 Å². The Kier molecular flexibility index (Phi) is 5.67. The van der Waals surface area contributed by atoms with Gasteiger partial charge in [0.1, 0.15) is 0 Å². The molecule has 0 aliphatic carbocycles. The standard InChI is InChI=1S/C15H13N5O4/c21-14(17-9-12-5-7-16-8-6-12)15(22)19-18-10-11-1-3-13(4-2-11)20(23)24/h1-8,10H,9H2,(H,17,21)(H,19,22). The molecule has 1 heterocycles. The molecule has 0 saturated carbocycles. The Bertz CT molecular complexity index is 759. The lowest BCUT2D eigenvalue weighted by molar-refractivity contribution is -0.384. The second kappa shape index (κ2) is 8.13. The molecule has 0 fully saturated rings. The average Bonchev–Trinajstić information content (AvgIpc) is 2.61. The van der Waals surface area contributed by atoms with Gasteiger partial charge in [0, 0.05) is 31.1 Å². The Labute approximate surface area is 136 Å². The first kappa shape index (κ1) is 16.7. The minimum Gasteiger partial charge on any atom is -0.344 e. The van der Waals surface area contributed by atoms with Gasteiger partial charge in [-0.2, -0.15) is 5.10 Å². The van der Waals surface area contributed by atoms with Crippen LogP contribution in [0.15, 0.2) is 53.9 Å². The summed E-state index contributed by atoms with van der Waals surface area (Å²) in [6, 6.07) is 8.99. The van der Waals surface area contributed by atoms with Gasteiger partial charge in [-0.05, 0) is 35.4 Å². The number of non-ortho nitro benzene ring substituents is 1. The molecule has 2 aromatic rings. The Balaban J connectivity index is 1.81. The van der Waals surface area contributed by atoms with E-state index in [1.54, 1.807) is 24.5 Å². The molecule has 0 aliphatic heterocycles. The van der Waals surface area contributed by atoms with Crippen LogP contribution in [0.5, 0.6) is 0 Å². The third kappa shape index (κ3) is 4.98. The third-order valence-electron chi connectivity index (χ3n) is 2.89. The van der Waals surface area contributed by atoms with Crippen molar-refractivity contribution in [2.75, 3.05) is 0 Å². The summed E-state index contributed by atoms with van der Waals surface area (Å²) in [5, 5.41) is 16.6. The van der Waals surface area contributed by atoms with Gasteiger partial charge in [-0.1, -0.05) is 0 Å². The molecule has 0 bridgehead atoms. The van der Waals surface area contributed by atoms with E-state index >= 15 is 0 Å². The SMILES string of the molecule is O=C(NCc1ccncc1)C(=O)NN=Cc1ccc([N+](=O)[O-])cc1.